The molecule has 0 spiro atoms. The van der Waals surface area contributed by atoms with Crippen LogP contribution in [0.2, 0.25) is 0 Å². The molecule has 0 saturated carbocycles. The van der Waals surface area contributed by atoms with Crippen molar-refractivity contribution in [2.24, 2.45) is 0 Å². The van der Waals surface area contributed by atoms with Gasteiger partial charge in [0.15, 0.2) is 5.82 Å². The molecular weight excluding hydrogens is 154 g/mol. The van der Waals surface area contributed by atoms with E-state index in [0.29, 0.717) is 5.82 Å². The van der Waals surface area contributed by atoms with Gasteiger partial charge in [-0.1, -0.05) is 0 Å². The van der Waals surface area contributed by atoms with E-state index in [4.69, 9.17) is 5.11 Å². The zero-order valence-electron chi connectivity index (χ0n) is 5.69. The first-order valence-corrected chi connectivity index (χ1v) is 2.86. The number of nitrogens with zero attached hydrogens (tertiary/aromatic N) is 3. The monoisotopic (exact) mass is 163 g/mol. The fourth-order valence-corrected chi connectivity index (χ4v) is 0.558. The third-order valence-corrected chi connectivity index (χ3v) is 1.05. The van der Waals surface area contributed by atoms with Crippen LogP contribution in [0, 0.1) is 0 Å². The maximum absolute atomic E-state index is 8.51. The Balaban J connectivity index is 0.000000810. The maximum atomic E-state index is 8.51. The van der Waals surface area contributed by atoms with E-state index in [2.05, 4.69) is 10.1 Å². The summed E-state index contributed by atoms with van der Waals surface area (Å²) in [5, 5.41) is 12.4. The van der Waals surface area contributed by atoms with E-state index in [1.165, 1.54) is 0 Å². The number of aliphatic hydroxyl groups is 1. The van der Waals surface area contributed by atoms with Gasteiger partial charge in [-0.05, 0) is 6.92 Å². The molecule has 0 aliphatic rings. The largest absolute Gasteiger partial charge is 0.388 e. The Labute approximate surface area is 65.3 Å². The van der Waals surface area contributed by atoms with Crippen molar-refractivity contribution in [1.29, 1.82) is 0 Å². The van der Waals surface area contributed by atoms with Crippen LogP contribution < -0.4 is 0 Å². The van der Waals surface area contributed by atoms with Gasteiger partial charge in [0.25, 0.3) is 0 Å². The lowest BCUT2D eigenvalue weighted by Crippen LogP contribution is -1.95. The Kier molecular flexibility index (Phi) is 3.99. The summed E-state index contributed by atoms with van der Waals surface area (Å²) in [6.45, 7) is 2.69. The first-order chi connectivity index (χ1) is 4.36. The van der Waals surface area contributed by atoms with Gasteiger partial charge in [0.05, 0.1) is 0 Å². The summed E-state index contributed by atoms with van der Waals surface area (Å²) in [5.41, 5.74) is 0. The van der Waals surface area contributed by atoms with Gasteiger partial charge in [-0.3, -0.25) is 4.68 Å². The number of aliphatic hydroxyl groups excluding tert-OH is 1. The normalized spacial score (nSPS) is 9.00. The number of halogens is 1. The third kappa shape index (κ3) is 1.97. The van der Waals surface area contributed by atoms with Gasteiger partial charge in [-0.25, -0.2) is 4.98 Å². The highest BCUT2D eigenvalue weighted by atomic mass is 35.5. The Morgan fingerprint density at radius 2 is 2.40 bits per heavy atom. The summed E-state index contributed by atoms with van der Waals surface area (Å²) in [4.78, 5) is 3.81. The molecule has 1 aromatic rings. The van der Waals surface area contributed by atoms with Crippen LogP contribution in [0.25, 0.3) is 0 Å². The standard InChI is InChI=1S/C5H9N3O.ClH/c1-2-8-4-6-5(3-9)7-8;/h4,9H,2-3H2,1H3;1H. The van der Waals surface area contributed by atoms with E-state index in [-0.39, 0.29) is 19.0 Å². The molecule has 0 aliphatic heterocycles. The molecule has 0 amide bonds. The van der Waals surface area contributed by atoms with Crippen LogP contribution in [0.5, 0.6) is 0 Å². The van der Waals surface area contributed by atoms with Crippen molar-refractivity contribution in [2.45, 2.75) is 20.1 Å². The molecule has 0 radical (unpaired) electrons. The molecule has 0 aliphatic carbocycles. The maximum Gasteiger partial charge on any atom is 0.175 e. The summed E-state index contributed by atoms with van der Waals surface area (Å²) < 4.78 is 1.67. The predicted octanol–water partition coefficient (Wildman–Crippen LogP) is 0.212. The molecule has 1 N–H and O–H groups in total. The molecular formula is C5H10ClN3O. The van der Waals surface area contributed by atoms with Crippen molar-refractivity contribution < 1.29 is 5.11 Å². The second kappa shape index (κ2) is 4.24. The fraction of sp³-hybridized carbons (Fsp3) is 0.600. The summed E-state index contributed by atoms with van der Waals surface area (Å²) in [6, 6.07) is 0. The van der Waals surface area contributed by atoms with Crippen molar-refractivity contribution in [3.63, 3.8) is 0 Å². The van der Waals surface area contributed by atoms with E-state index in [9.17, 15) is 0 Å². The SMILES string of the molecule is CCn1cnc(CO)n1.Cl. The van der Waals surface area contributed by atoms with Crippen molar-refractivity contribution in [3.8, 4) is 0 Å². The molecule has 0 saturated heterocycles. The molecule has 0 fully saturated rings. The zero-order valence-corrected chi connectivity index (χ0v) is 6.51. The van der Waals surface area contributed by atoms with Crippen molar-refractivity contribution in [2.75, 3.05) is 0 Å². The quantitative estimate of drug-likeness (QED) is 0.678. The molecule has 10 heavy (non-hydrogen) atoms. The predicted molar refractivity (Wildman–Crippen MR) is 38.9 cm³/mol. The molecule has 0 bridgehead atoms. The number of aryl methyl sites for hydroxylation is 1. The summed E-state index contributed by atoms with van der Waals surface area (Å²) in [7, 11) is 0. The molecule has 4 nitrogen and oxygen atoms in total. The molecule has 58 valence electrons. The zero-order chi connectivity index (χ0) is 6.69. The minimum Gasteiger partial charge on any atom is -0.388 e. The molecule has 1 rings (SSSR count). The van der Waals surface area contributed by atoms with Crippen LogP contribution >= 0.6 is 12.4 Å². The average Bonchev–Trinajstić information content (AvgIpc) is 2.34. The lowest BCUT2D eigenvalue weighted by molar-refractivity contribution is 0.270. The van der Waals surface area contributed by atoms with Crippen LogP contribution in [-0.4, -0.2) is 19.9 Å². The lowest BCUT2D eigenvalue weighted by atomic mass is 10.7. The van der Waals surface area contributed by atoms with Gasteiger partial charge in [-0.2, -0.15) is 5.10 Å². The first kappa shape index (κ1) is 9.39. The van der Waals surface area contributed by atoms with Gasteiger partial charge < -0.3 is 5.11 Å². The van der Waals surface area contributed by atoms with Crippen molar-refractivity contribution in [1.82, 2.24) is 14.8 Å². The van der Waals surface area contributed by atoms with Crippen molar-refractivity contribution in [3.05, 3.63) is 12.2 Å². The Morgan fingerprint density at radius 1 is 1.70 bits per heavy atom. The van der Waals surface area contributed by atoms with E-state index in [1.54, 1.807) is 11.0 Å². The molecule has 5 heteroatoms. The molecule has 1 aromatic heterocycles. The van der Waals surface area contributed by atoms with Crippen LogP contribution in [0.3, 0.4) is 0 Å². The fourth-order valence-electron chi connectivity index (χ4n) is 0.558. The molecule has 0 unspecified atom stereocenters. The highest BCUT2D eigenvalue weighted by molar-refractivity contribution is 5.85. The van der Waals surface area contributed by atoms with Crippen LogP contribution in [0.1, 0.15) is 12.7 Å². The number of hydrogen-bond donors (Lipinski definition) is 1. The minimum absolute atomic E-state index is 0. The van der Waals surface area contributed by atoms with Gasteiger partial charge in [0, 0.05) is 6.54 Å². The number of hydrogen-bond acceptors (Lipinski definition) is 3. The Morgan fingerprint density at radius 3 is 2.70 bits per heavy atom. The van der Waals surface area contributed by atoms with Crippen molar-refractivity contribution >= 4 is 12.4 Å². The number of aromatic nitrogens is 3. The lowest BCUT2D eigenvalue weighted by Gasteiger charge is -1.87. The van der Waals surface area contributed by atoms with Gasteiger partial charge in [0.1, 0.15) is 12.9 Å². The summed E-state index contributed by atoms with van der Waals surface area (Å²) >= 11 is 0. The van der Waals surface area contributed by atoms with E-state index < -0.39 is 0 Å². The smallest absolute Gasteiger partial charge is 0.175 e. The van der Waals surface area contributed by atoms with Gasteiger partial charge in [0.2, 0.25) is 0 Å². The molecule has 0 aromatic carbocycles. The number of rotatable bonds is 2. The van der Waals surface area contributed by atoms with Gasteiger partial charge in [-0.15, -0.1) is 12.4 Å². The average molecular weight is 164 g/mol. The Hall–Kier alpha value is -0.610. The second-order valence-corrected chi connectivity index (χ2v) is 1.67. The van der Waals surface area contributed by atoms with E-state index in [1.807, 2.05) is 6.92 Å². The molecule has 0 atom stereocenters. The Bertz CT molecular complexity index is 170. The first-order valence-electron chi connectivity index (χ1n) is 2.86. The van der Waals surface area contributed by atoms with E-state index >= 15 is 0 Å². The molecule has 1 heterocycles. The summed E-state index contributed by atoms with van der Waals surface area (Å²) in [6.07, 6.45) is 1.60. The summed E-state index contributed by atoms with van der Waals surface area (Å²) in [5.74, 6) is 0.483. The second-order valence-electron chi connectivity index (χ2n) is 1.67. The third-order valence-electron chi connectivity index (χ3n) is 1.05. The van der Waals surface area contributed by atoms with Crippen LogP contribution in [0.4, 0.5) is 0 Å². The van der Waals surface area contributed by atoms with E-state index in [0.717, 1.165) is 6.54 Å². The highest BCUT2D eigenvalue weighted by Crippen LogP contribution is 1.87. The minimum atomic E-state index is -0.0764. The van der Waals surface area contributed by atoms with Crippen LogP contribution in [0.15, 0.2) is 6.33 Å². The van der Waals surface area contributed by atoms with Crippen LogP contribution in [-0.2, 0) is 13.2 Å². The van der Waals surface area contributed by atoms with Gasteiger partial charge >= 0.3 is 0 Å². The topological polar surface area (TPSA) is 50.9 Å². The highest BCUT2D eigenvalue weighted by Gasteiger charge is 1.93.